The fourth-order valence-corrected chi connectivity index (χ4v) is 4.29. The van der Waals surface area contributed by atoms with Crippen LogP contribution in [0.1, 0.15) is 52.0 Å². The summed E-state index contributed by atoms with van der Waals surface area (Å²) < 4.78 is 5.24. The van der Waals surface area contributed by atoms with E-state index in [1.54, 1.807) is 7.11 Å². The van der Waals surface area contributed by atoms with E-state index in [0.29, 0.717) is 5.92 Å². The number of hydrogen-bond donors (Lipinski definition) is 1. The van der Waals surface area contributed by atoms with E-state index in [9.17, 15) is 0 Å². The first-order chi connectivity index (χ1) is 11.3. The van der Waals surface area contributed by atoms with Crippen LogP contribution in [-0.4, -0.2) is 18.2 Å². The van der Waals surface area contributed by atoms with Crippen LogP contribution in [0.25, 0.3) is 11.1 Å². The summed E-state index contributed by atoms with van der Waals surface area (Å²) in [6.07, 6.45) is 2.36. The van der Waals surface area contributed by atoms with Gasteiger partial charge < -0.3 is 10.1 Å². The maximum atomic E-state index is 5.24. The molecule has 1 saturated heterocycles. The standard InChI is InChI=1S/C22H29NO/c1-21(2)14-19(15-22(3,4)23-21)18-8-6-16(7-9-18)17-10-12-20(24-5)13-11-17/h6-13,19,23H,14-15H2,1-5H3. The minimum absolute atomic E-state index is 0.182. The summed E-state index contributed by atoms with van der Waals surface area (Å²) in [5, 5.41) is 3.77. The van der Waals surface area contributed by atoms with Gasteiger partial charge in [0.2, 0.25) is 0 Å². The fourth-order valence-electron chi connectivity index (χ4n) is 4.29. The lowest BCUT2D eigenvalue weighted by atomic mass is 9.73. The van der Waals surface area contributed by atoms with Gasteiger partial charge in [-0.25, -0.2) is 0 Å². The molecule has 0 bridgehead atoms. The molecule has 0 unspecified atom stereocenters. The first-order valence-corrected chi connectivity index (χ1v) is 8.82. The largest absolute Gasteiger partial charge is 0.497 e. The van der Waals surface area contributed by atoms with Crippen LogP contribution in [0.15, 0.2) is 48.5 Å². The molecule has 1 heterocycles. The van der Waals surface area contributed by atoms with Crippen molar-refractivity contribution in [2.24, 2.45) is 0 Å². The van der Waals surface area contributed by atoms with Gasteiger partial charge in [0.05, 0.1) is 7.11 Å². The summed E-state index contributed by atoms with van der Waals surface area (Å²) in [5.74, 6) is 1.51. The maximum Gasteiger partial charge on any atom is 0.118 e. The lowest BCUT2D eigenvalue weighted by molar-refractivity contribution is 0.162. The van der Waals surface area contributed by atoms with Gasteiger partial charge >= 0.3 is 0 Å². The predicted octanol–water partition coefficient (Wildman–Crippen LogP) is 5.39. The van der Waals surface area contributed by atoms with Crippen LogP contribution in [-0.2, 0) is 0 Å². The Morgan fingerprint density at radius 2 is 1.25 bits per heavy atom. The first-order valence-electron chi connectivity index (χ1n) is 8.82. The number of methoxy groups -OCH3 is 1. The molecule has 2 heteroatoms. The van der Waals surface area contributed by atoms with Crippen molar-refractivity contribution in [1.29, 1.82) is 0 Å². The van der Waals surface area contributed by atoms with Gasteiger partial charge in [0.25, 0.3) is 0 Å². The van der Waals surface area contributed by atoms with Gasteiger partial charge in [-0.15, -0.1) is 0 Å². The van der Waals surface area contributed by atoms with Crippen molar-refractivity contribution in [1.82, 2.24) is 5.32 Å². The van der Waals surface area contributed by atoms with E-state index in [2.05, 4.69) is 69.4 Å². The molecule has 2 nitrogen and oxygen atoms in total. The number of hydrogen-bond acceptors (Lipinski definition) is 2. The Hall–Kier alpha value is -1.80. The molecule has 0 spiro atoms. The fraction of sp³-hybridized carbons (Fsp3) is 0.455. The van der Waals surface area contributed by atoms with Crippen LogP contribution in [0, 0.1) is 0 Å². The van der Waals surface area contributed by atoms with Crippen LogP contribution >= 0.6 is 0 Å². The highest BCUT2D eigenvalue weighted by molar-refractivity contribution is 5.64. The zero-order valence-electron chi connectivity index (χ0n) is 15.5. The molecule has 0 aromatic heterocycles. The van der Waals surface area contributed by atoms with E-state index in [0.717, 1.165) is 5.75 Å². The molecule has 128 valence electrons. The van der Waals surface area contributed by atoms with Crippen LogP contribution in [0.5, 0.6) is 5.75 Å². The number of piperidine rings is 1. The van der Waals surface area contributed by atoms with E-state index in [-0.39, 0.29) is 11.1 Å². The first kappa shape index (κ1) is 17.0. The maximum absolute atomic E-state index is 5.24. The Labute approximate surface area is 146 Å². The van der Waals surface area contributed by atoms with Gasteiger partial charge in [-0.2, -0.15) is 0 Å². The predicted molar refractivity (Wildman–Crippen MR) is 102 cm³/mol. The van der Waals surface area contributed by atoms with Gasteiger partial charge in [-0.1, -0.05) is 36.4 Å². The van der Waals surface area contributed by atoms with E-state index >= 15 is 0 Å². The number of nitrogens with one attached hydrogen (secondary N) is 1. The molecule has 1 aliphatic rings. The Morgan fingerprint density at radius 1 is 0.792 bits per heavy atom. The Kier molecular flexibility index (Phi) is 4.44. The van der Waals surface area contributed by atoms with Crippen molar-refractivity contribution in [3.05, 3.63) is 54.1 Å². The minimum Gasteiger partial charge on any atom is -0.497 e. The zero-order chi connectivity index (χ0) is 17.4. The molecular weight excluding hydrogens is 294 g/mol. The average molecular weight is 323 g/mol. The molecule has 1 aliphatic heterocycles. The lowest BCUT2D eigenvalue weighted by Crippen LogP contribution is -2.57. The smallest absolute Gasteiger partial charge is 0.118 e. The molecule has 2 aromatic rings. The lowest BCUT2D eigenvalue weighted by Gasteiger charge is -2.46. The molecule has 24 heavy (non-hydrogen) atoms. The summed E-state index contributed by atoms with van der Waals surface area (Å²) in [4.78, 5) is 0. The summed E-state index contributed by atoms with van der Waals surface area (Å²) >= 11 is 0. The Balaban J connectivity index is 1.81. The third-order valence-corrected chi connectivity index (χ3v) is 5.00. The molecule has 0 atom stereocenters. The Bertz CT molecular complexity index is 667. The van der Waals surface area contributed by atoms with Crippen molar-refractivity contribution in [3.63, 3.8) is 0 Å². The second-order valence-electron chi connectivity index (χ2n) is 8.35. The van der Waals surface area contributed by atoms with Crippen molar-refractivity contribution >= 4 is 0 Å². The number of ether oxygens (including phenoxy) is 1. The topological polar surface area (TPSA) is 21.3 Å². The molecule has 1 N–H and O–H groups in total. The third kappa shape index (κ3) is 3.81. The SMILES string of the molecule is COc1ccc(-c2ccc(C3CC(C)(C)NC(C)(C)C3)cc2)cc1. The van der Waals surface area contributed by atoms with Crippen molar-refractivity contribution in [2.75, 3.05) is 7.11 Å². The highest BCUT2D eigenvalue weighted by Crippen LogP contribution is 2.39. The van der Waals surface area contributed by atoms with Gasteiger partial charge in [-0.3, -0.25) is 0 Å². The summed E-state index contributed by atoms with van der Waals surface area (Å²) in [7, 11) is 1.70. The monoisotopic (exact) mass is 323 g/mol. The van der Waals surface area contributed by atoms with E-state index in [1.165, 1.54) is 29.5 Å². The summed E-state index contributed by atoms with van der Waals surface area (Å²) in [6.45, 7) is 9.25. The van der Waals surface area contributed by atoms with Crippen molar-refractivity contribution in [3.8, 4) is 16.9 Å². The molecule has 3 rings (SSSR count). The van der Waals surface area contributed by atoms with E-state index in [4.69, 9.17) is 4.74 Å². The molecule has 0 aliphatic carbocycles. The number of rotatable bonds is 3. The van der Waals surface area contributed by atoms with Crippen LogP contribution in [0.3, 0.4) is 0 Å². The quantitative estimate of drug-likeness (QED) is 0.818. The second-order valence-corrected chi connectivity index (χ2v) is 8.35. The number of benzene rings is 2. The molecule has 0 amide bonds. The summed E-state index contributed by atoms with van der Waals surface area (Å²) in [5.41, 5.74) is 4.30. The highest BCUT2D eigenvalue weighted by Gasteiger charge is 2.38. The van der Waals surface area contributed by atoms with Crippen molar-refractivity contribution < 1.29 is 4.74 Å². The average Bonchev–Trinajstić information content (AvgIpc) is 2.52. The van der Waals surface area contributed by atoms with E-state index in [1.807, 2.05) is 12.1 Å². The van der Waals surface area contributed by atoms with E-state index < -0.39 is 0 Å². The minimum atomic E-state index is 0.182. The van der Waals surface area contributed by atoms with Gasteiger partial charge in [0.15, 0.2) is 0 Å². The third-order valence-electron chi connectivity index (χ3n) is 5.00. The highest BCUT2D eigenvalue weighted by atomic mass is 16.5. The molecule has 0 radical (unpaired) electrons. The van der Waals surface area contributed by atoms with Crippen molar-refractivity contribution in [2.45, 2.75) is 57.5 Å². The molecule has 0 saturated carbocycles. The molecule has 1 fully saturated rings. The van der Waals surface area contributed by atoms with Gasteiger partial charge in [-0.05, 0) is 75.3 Å². The van der Waals surface area contributed by atoms with Gasteiger partial charge in [0.1, 0.15) is 5.75 Å². The normalized spacial score (nSPS) is 19.9. The second kappa shape index (κ2) is 6.25. The van der Waals surface area contributed by atoms with Crippen LogP contribution in [0.4, 0.5) is 0 Å². The summed E-state index contributed by atoms with van der Waals surface area (Å²) in [6, 6.07) is 17.4. The molecule has 2 aromatic carbocycles. The van der Waals surface area contributed by atoms with Crippen LogP contribution < -0.4 is 10.1 Å². The van der Waals surface area contributed by atoms with Crippen LogP contribution in [0.2, 0.25) is 0 Å². The zero-order valence-corrected chi connectivity index (χ0v) is 15.5. The van der Waals surface area contributed by atoms with Gasteiger partial charge in [0, 0.05) is 11.1 Å². The molecular formula is C22H29NO. The Morgan fingerprint density at radius 3 is 1.71 bits per heavy atom.